The van der Waals surface area contributed by atoms with Crippen LogP contribution in [-0.4, -0.2) is 51.3 Å². The van der Waals surface area contributed by atoms with Crippen molar-refractivity contribution in [1.82, 2.24) is 4.90 Å². The lowest BCUT2D eigenvalue weighted by Crippen LogP contribution is -2.43. The van der Waals surface area contributed by atoms with Crippen molar-refractivity contribution in [3.05, 3.63) is 59.7 Å². The highest BCUT2D eigenvalue weighted by Gasteiger charge is 2.41. The summed E-state index contributed by atoms with van der Waals surface area (Å²) in [6.45, 7) is 8.17. The second kappa shape index (κ2) is 11.1. The van der Waals surface area contributed by atoms with Crippen molar-refractivity contribution in [3.63, 3.8) is 0 Å². The monoisotopic (exact) mass is 452 g/mol. The first-order valence-corrected chi connectivity index (χ1v) is 12.0. The third-order valence-corrected chi connectivity index (χ3v) is 7.06. The number of carbonyl (C=O) groups excluding carboxylic acids is 1. The standard InChI is InChI=1S/C28H40N2O3/c1-21(2)27-19-28(16-18-33-27,25-9-7-8-10-26(25)32-6)15-17-30(22(3)31)20-23-11-13-24(14-12-23)29(4)5/h7-14,21,27H,15-20H2,1-6H3/t27-,28-/m1/s1. The minimum absolute atomic E-state index is 0.0811. The smallest absolute Gasteiger partial charge is 0.219 e. The van der Waals surface area contributed by atoms with Gasteiger partial charge in [0.05, 0.1) is 13.2 Å². The first-order valence-electron chi connectivity index (χ1n) is 12.0. The van der Waals surface area contributed by atoms with Gasteiger partial charge >= 0.3 is 0 Å². The van der Waals surface area contributed by atoms with Gasteiger partial charge in [0.25, 0.3) is 0 Å². The molecule has 1 amide bonds. The Morgan fingerprint density at radius 2 is 1.85 bits per heavy atom. The molecule has 0 radical (unpaired) electrons. The van der Waals surface area contributed by atoms with E-state index in [9.17, 15) is 4.79 Å². The molecule has 3 rings (SSSR count). The Labute approximate surface area is 199 Å². The van der Waals surface area contributed by atoms with Gasteiger partial charge in [-0.1, -0.05) is 44.2 Å². The maximum Gasteiger partial charge on any atom is 0.219 e. The van der Waals surface area contributed by atoms with Gasteiger partial charge < -0.3 is 19.3 Å². The van der Waals surface area contributed by atoms with Gasteiger partial charge in [-0.3, -0.25) is 4.79 Å². The van der Waals surface area contributed by atoms with Crippen LogP contribution >= 0.6 is 0 Å². The molecule has 2 aromatic carbocycles. The molecule has 0 unspecified atom stereocenters. The lowest BCUT2D eigenvalue weighted by Gasteiger charge is -2.44. The molecule has 1 heterocycles. The quantitative estimate of drug-likeness (QED) is 0.520. The van der Waals surface area contributed by atoms with Crippen LogP contribution in [0.5, 0.6) is 5.75 Å². The molecule has 2 aromatic rings. The molecule has 5 heteroatoms. The first-order chi connectivity index (χ1) is 15.8. The zero-order chi connectivity index (χ0) is 24.0. The summed E-state index contributed by atoms with van der Waals surface area (Å²) in [7, 11) is 5.81. The van der Waals surface area contributed by atoms with E-state index in [-0.39, 0.29) is 17.4 Å². The molecular formula is C28H40N2O3. The molecule has 0 aromatic heterocycles. The van der Waals surface area contributed by atoms with Crippen LogP contribution in [0, 0.1) is 5.92 Å². The average molecular weight is 453 g/mol. The van der Waals surface area contributed by atoms with Crippen LogP contribution in [0.3, 0.4) is 0 Å². The van der Waals surface area contributed by atoms with Gasteiger partial charge in [0.1, 0.15) is 5.75 Å². The van der Waals surface area contributed by atoms with E-state index >= 15 is 0 Å². The normalized spacial score (nSPS) is 20.5. The second-order valence-corrected chi connectivity index (χ2v) is 9.84. The van der Waals surface area contributed by atoms with Gasteiger partial charge in [0.15, 0.2) is 0 Å². The summed E-state index contributed by atoms with van der Waals surface area (Å²) in [5.41, 5.74) is 3.46. The number of amides is 1. The van der Waals surface area contributed by atoms with Crippen LogP contribution in [0.15, 0.2) is 48.5 Å². The Bertz CT molecular complexity index is 910. The highest BCUT2D eigenvalue weighted by atomic mass is 16.5. The predicted molar refractivity (Wildman–Crippen MR) is 135 cm³/mol. The molecule has 5 nitrogen and oxygen atoms in total. The molecule has 0 N–H and O–H groups in total. The average Bonchev–Trinajstić information content (AvgIpc) is 2.82. The molecule has 180 valence electrons. The number of carbonyl (C=O) groups is 1. The summed E-state index contributed by atoms with van der Waals surface area (Å²) in [5.74, 6) is 1.48. The van der Waals surface area contributed by atoms with Crippen molar-refractivity contribution in [2.24, 2.45) is 5.92 Å². The van der Waals surface area contributed by atoms with Crippen molar-refractivity contribution in [2.75, 3.05) is 39.3 Å². The molecule has 33 heavy (non-hydrogen) atoms. The molecule has 0 spiro atoms. The maximum atomic E-state index is 12.6. The fourth-order valence-corrected chi connectivity index (χ4v) is 4.89. The van der Waals surface area contributed by atoms with Crippen LogP contribution in [0.25, 0.3) is 0 Å². The Morgan fingerprint density at radius 1 is 1.15 bits per heavy atom. The summed E-state index contributed by atoms with van der Waals surface area (Å²) in [4.78, 5) is 16.7. The van der Waals surface area contributed by atoms with Gasteiger partial charge in [0, 0.05) is 57.4 Å². The number of nitrogens with zero attached hydrogens (tertiary/aromatic N) is 2. The van der Waals surface area contributed by atoms with E-state index in [0.717, 1.165) is 42.9 Å². The highest BCUT2D eigenvalue weighted by molar-refractivity contribution is 5.73. The molecule has 0 bridgehead atoms. The van der Waals surface area contributed by atoms with Gasteiger partial charge in [-0.15, -0.1) is 0 Å². The minimum Gasteiger partial charge on any atom is -0.496 e. The number of rotatable bonds is 9. The molecule has 0 saturated carbocycles. The molecule has 2 atom stereocenters. The zero-order valence-corrected chi connectivity index (χ0v) is 21.1. The fraction of sp³-hybridized carbons (Fsp3) is 0.536. The van der Waals surface area contributed by atoms with Crippen LogP contribution in [0.4, 0.5) is 5.69 Å². The van der Waals surface area contributed by atoms with Crippen LogP contribution < -0.4 is 9.64 Å². The summed E-state index contributed by atoms with van der Waals surface area (Å²) in [6.07, 6.45) is 2.96. The summed E-state index contributed by atoms with van der Waals surface area (Å²) < 4.78 is 11.9. The van der Waals surface area contributed by atoms with Crippen LogP contribution in [0.2, 0.25) is 0 Å². The number of anilines is 1. The molecular weight excluding hydrogens is 412 g/mol. The number of hydrogen-bond donors (Lipinski definition) is 0. The summed E-state index contributed by atoms with van der Waals surface area (Å²) in [5, 5.41) is 0. The summed E-state index contributed by atoms with van der Waals surface area (Å²) in [6, 6.07) is 16.8. The van der Waals surface area contributed by atoms with E-state index in [2.05, 4.69) is 55.1 Å². The van der Waals surface area contributed by atoms with Gasteiger partial charge in [-0.05, 0) is 48.9 Å². The number of ether oxygens (including phenoxy) is 2. The van der Waals surface area contributed by atoms with Crippen molar-refractivity contribution in [3.8, 4) is 5.75 Å². The topological polar surface area (TPSA) is 42.0 Å². The van der Waals surface area contributed by atoms with Gasteiger partial charge in [0.2, 0.25) is 5.91 Å². The largest absolute Gasteiger partial charge is 0.496 e. The Balaban J connectivity index is 1.84. The van der Waals surface area contributed by atoms with Gasteiger partial charge in [-0.25, -0.2) is 0 Å². The minimum atomic E-state index is -0.0811. The van der Waals surface area contributed by atoms with Crippen LogP contribution in [-0.2, 0) is 21.5 Å². The number of hydrogen-bond acceptors (Lipinski definition) is 4. The SMILES string of the molecule is COc1ccccc1[C@]1(CCN(Cc2ccc(N(C)C)cc2)C(C)=O)CCO[C@@H](C(C)C)C1. The Hall–Kier alpha value is -2.53. The van der Waals surface area contributed by atoms with Gasteiger partial charge in [-0.2, -0.15) is 0 Å². The Morgan fingerprint density at radius 3 is 2.45 bits per heavy atom. The van der Waals surface area contributed by atoms with Crippen molar-refractivity contribution >= 4 is 11.6 Å². The van der Waals surface area contributed by atoms with E-state index in [1.165, 1.54) is 5.56 Å². The van der Waals surface area contributed by atoms with E-state index < -0.39 is 0 Å². The summed E-state index contributed by atoms with van der Waals surface area (Å²) >= 11 is 0. The molecule has 1 aliphatic rings. The predicted octanol–water partition coefficient (Wildman–Crippen LogP) is 5.27. The van der Waals surface area contributed by atoms with E-state index in [4.69, 9.17) is 9.47 Å². The van der Waals surface area contributed by atoms with Crippen LogP contribution in [0.1, 0.15) is 51.2 Å². The third-order valence-electron chi connectivity index (χ3n) is 7.06. The number of para-hydroxylation sites is 1. The van der Waals surface area contributed by atoms with Crippen molar-refractivity contribution in [2.45, 2.75) is 58.1 Å². The molecule has 0 aliphatic carbocycles. The molecule has 1 fully saturated rings. The first kappa shape index (κ1) is 25.1. The number of benzene rings is 2. The molecule has 1 aliphatic heterocycles. The van der Waals surface area contributed by atoms with Crippen molar-refractivity contribution < 1.29 is 14.3 Å². The number of methoxy groups -OCH3 is 1. The zero-order valence-electron chi connectivity index (χ0n) is 21.1. The maximum absolute atomic E-state index is 12.6. The highest BCUT2D eigenvalue weighted by Crippen LogP contribution is 2.45. The van der Waals surface area contributed by atoms with E-state index in [0.29, 0.717) is 19.0 Å². The fourth-order valence-electron chi connectivity index (χ4n) is 4.89. The van der Waals surface area contributed by atoms with E-state index in [1.807, 2.05) is 31.1 Å². The van der Waals surface area contributed by atoms with Crippen molar-refractivity contribution in [1.29, 1.82) is 0 Å². The lowest BCUT2D eigenvalue weighted by molar-refractivity contribution is -0.130. The third kappa shape index (κ3) is 6.08. The lowest BCUT2D eigenvalue weighted by atomic mass is 9.68. The Kier molecular flexibility index (Phi) is 8.41. The molecule has 1 saturated heterocycles. The van der Waals surface area contributed by atoms with E-state index in [1.54, 1.807) is 14.0 Å². The second-order valence-electron chi connectivity index (χ2n) is 9.84.